The summed E-state index contributed by atoms with van der Waals surface area (Å²) in [5.74, 6) is 0.933. The summed E-state index contributed by atoms with van der Waals surface area (Å²) < 4.78 is 2.23. The summed E-state index contributed by atoms with van der Waals surface area (Å²) in [7, 11) is 0. The number of aromatic nitrogens is 3. The van der Waals surface area contributed by atoms with Crippen LogP contribution in [0, 0.1) is 34.6 Å². The number of hydrogen-bond donors (Lipinski definition) is 1. The van der Waals surface area contributed by atoms with Gasteiger partial charge in [0.1, 0.15) is 5.82 Å². The first-order valence-electron chi connectivity index (χ1n) is 11.5. The number of nitrogens with one attached hydrogen (secondary N) is 1. The minimum Gasteiger partial charge on any atom is -0.351 e. The van der Waals surface area contributed by atoms with E-state index in [0.29, 0.717) is 5.11 Å². The van der Waals surface area contributed by atoms with Crippen LogP contribution in [0.1, 0.15) is 51.4 Å². The summed E-state index contributed by atoms with van der Waals surface area (Å²) in [5.41, 5.74) is 9.19. The summed E-state index contributed by atoms with van der Waals surface area (Å²) in [6.45, 7) is 10.7. The Labute approximate surface area is 206 Å². The van der Waals surface area contributed by atoms with Crippen molar-refractivity contribution in [2.75, 3.05) is 4.90 Å². The van der Waals surface area contributed by atoms with Gasteiger partial charge in [-0.05, 0) is 112 Å². The Morgan fingerprint density at radius 2 is 1.59 bits per heavy atom. The predicted octanol–water partition coefficient (Wildman–Crippen LogP) is 5.99. The third kappa shape index (κ3) is 3.88. The third-order valence-corrected chi connectivity index (χ3v) is 6.82. The van der Waals surface area contributed by atoms with E-state index < -0.39 is 0 Å². The fraction of sp³-hybridized carbons (Fsp3) is 0.250. The molecule has 0 saturated carbocycles. The van der Waals surface area contributed by atoms with Gasteiger partial charge in [0.05, 0.1) is 17.8 Å². The second-order valence-corrected chi connectivity index (χ2v) is 9.58. The van der Waals surface area contributed by atoms with Crippen LogP contribution in [0.3, 0.4) is 0 Å². The molecular formula is C28H29N5S. The molecule has 1 aliphatic heterocycles. The van der Waals surface area contributed by atoms with Gasteiger partial charge in [0.25, 0.3) is 0 Å². The number of hydrogen-bond acceptors (Lipinski definition) is 3. The average Bonchev–Trinajstić information content (AvgIpc) is 3.29. The van der Waals surface area contributed by atoms with Crippen LogP contribution in [-0.2, 0) is 0 Å². The summed E-state index contributed by atoms with van der Waals surface area (Å²) in [4.78, 5) is 11.6. The Morgan fingerprint density at radius 3 is 2.26 bits per heavy atom. The van der Waals surface area contributed by atoms with Crippen LogP contribution >= 0.6 is 12.2 Å². The molecule has 0 amide bonds. The van der Waals surface area contributed by atoms with Crippen molar-refractivity contribution in [3.8, 4) is 5.82 Å². The SMILES string of the molecule is Cc1cc(C)cc(N2C(=S)N[C@@H](c3ccccn3)[C@@H]2c2cc(C)n(-c3cc(C)ccn3)c2C)c1. The Hall–Kier alpha value is -3.51. The molecule has 172 valence electrons. The second-order valence-electron chi connectivity index (χ2n) is 9.20. The molecule has 1 aromatic carbocycles. The van der Waals surface area contributed by atoms with Gasteiger partial charge in [-0.2, -0.15) is 0 Å². The van der Waals surface area contributed by atoms with Gasteiger partial charge in [-0.15, -0.1) is 0 Å². The summed E-state index contributed by atoms with van der Waals surface area (Å²) in [6, 6.07) is 18.9. The van der Waals surface area contributed by atoms with Crippen molar-refractivity contribution in [3.63, 3.8) is 0 Å². The zero-order valence-electron chi connectivity index (χ0n) is 20.2. The van der Waals surface area contributed by atoms with Crippen LogP contribution < -0.4 is 10.2 Å². The number of pyridine rings is 2. The minimum absolute atomic E-state index is 0.0478. The van der Waals surface area contributed by atoms with Gasteiger partial charge < -0.3 is 14.8 Å². The van der Waals surface area contributed by atoms with E-state index in [4.69, 9.17) is 17.2 Å². The number of rotatable bonds is 4. The highest BCUT2D eigenvalue weighted by Gasteiger charge is 2.42. The number of aryl methyl sites for hydroxylation is 4. The predicted molar refractivity (Wildman–Crippen MR) is 142 cm³/mol. The molecule has 34 heavy (non-hydrogen) atoms. The Balaban J connectivity index is 1.70. The lowest BCUT2D eigenvalue weighted by atomic mass is 9.96. The molecule has 5 rings (SSSR count). The Kier molecular flexibility index (Phi) is 5.70. The number of thiocarbonyl (C=S) groups is 1. The normalized spacial score (nSPS) is 17.8. The largest absolute Gasteiger partial charge is 0.351 e. The van der Waals surface area contributed by atoms with Crippen LogP contribution in [-0.4, -0.2) is 19.6 Å². The zero-order valence-corrected chi connectivity index (χ0v) is 21.0. The molecule has 4 aromatic rings. The molecule has 1 aliphatic rings. The van der Waals surface area contributed by atoms with Crippen molar-refractivity contribution >= 4 is 23.0 Å². The summed E-state index contributed by atoms with van der Waals surface area (Å²) in [5, 5.41) is 4.29. The molecule has 0 radical (unpaired) electrons. The van der Waals surface area contributed by atoms with E-state index in [9.17, 15) is 0 Å². The number of nitrogens with zero attached hydrogens (tertiary/aromatic N) is 4. The van der Waals surface area contributed by atoms with Crippen molar-refractivity contribution in [3.05, 3.63) is 106 Å². The minimum atomic E-state index is -0.0751. The van der Waals surface area contributed by atoms with Crippen molar-refractivity contribution < 1.29 is 0 Å². The molecule has 0 bridgehead atoms. The lowest BCUT2D eigenvalue weighted by Gasteiger charge is -2.28. The number of benzene rings is 1. The summed E-state index contributed by atoms with van der Waals surface area (Å²) >= 11 is 5.92. The first-order valence-corrected chi connectivity index (χ1v) is 11.9. The maximum absolute atomic E-state index is 5.92. The molecule has 0 aliphatic carbocycles. The molecule has 0 spiro atoms. The van der Waals surface area contributed by atoms with Crippen molar-refractivity contribution in [1.29, 1.82) is 0 Å². The average molecular weight is 468 g/mol. The molecule has 2 atom stereocenters. The van der Waals surface area contributed by atoms with Gasteiger partial charge in [-0.25, -0.2) is 4.98 Å². The second kappa shape index (κ2) is 8.69. The quantitative estimate of drug-likeness (QED) is 0.374. The van der Waals surface area contributed by atoms with E-state index in [1.165, 1.54) is 22.3 Å². The van der Waals surface area contributed by atoms with Gasteiger partial charge in [0.15, 0.2) is 5.11 Å². The zero-order chi connectivity index (χ0) is 24.0. The Bertz CT molecular complexity index is 1350. The molecule has 1 N–H and O–H groups in total. The molecule has 1 fully saturated rings. The molecular weight excluding hydrogens is 438 g/mol. The fourth-order valence-electron chi connectivity index (χ4n) is 5.12. The van der Waals surface area contributed by atoms with Crippen LogP contribution in [0.2, 0.25) is 0 Å². The van der Waals surface area contributed by atoms with Crippen molar-refractivity contribution in [2.45, 2.75) is 46.7 Å². The first kappa shape index (κ1) is 22.3. The first-order chi connectivity index (χ1) is 16.3. The third-order valence-electron chi connectivity index (χ3n) is 6.50. The van der Waals surface area contributed by atoms with Crippen LogP contribution in [0.25, 0.3) is 5.82 Å². The Morgan fingerprint density at radius 1 is 0.824 bits per heavy atom. The smallest absolute Gasteiger partial charge is 0.174 e. The van der Waals surface area contributed by atoms with E-state index in [1.807, 2.05) is 30.6 Å². The maximum Gasteiger partial charge on any atom is 0.174 e. The van der Waals surface area contributed by atoms with E-state index in [-0.39, 0.29) is 12.1 Å². The van der Waals surface area contributed by atoms with Gasteiger partial charge in [-0.3, -0.25) is 4.98 Å². The van der Waals surface area contributed by atoms with Crippen LogP contribution in [0.4, 0.5) is 5.69 Å². The van der Waals surface area contributed by atoms with E-state index in [1.54, 1.807) is 0 Å². The van der Waals surface area contributed by atoms with Crippen molar-refractivity contribution in [2.24, 2.45) is 0 Å². The fourth-order valence-corrected chi connectivity index (χ4v) is 5.47. The highest BCUT2D eigenvalue weighted by molar-refractivity contribution is 7.80. The van der Waals surface area contributed by atoms with E-state index in [2.05, 4.69) is 90.8 Å². The molecule has 5 nitrogen and oxygen atoms in total. The maximum atomic E-state index is 5.92. The van der Waals surface area contributed by atoms with E-state index >= 15 is 0 Å². The van der Waals surface area contributed by atoms with Crippen LogP contribution in [0.15, 0.2) is 67.0 Å². The topological polar surface area (TPSA) is 46.0 Å². The van der Waals surface area contributed by atoms with Gasteiger partial charge in [0.2, 0.25) is 0 Å². The van der Waals surface area contributed by atoms with Gasteiger partial charge >= 0.3 is 0 Å². The molecule has 3 aromatic heterocycles. The summed E-state index contributed by atoms with van der Waals surface area (Å²) in [6.07, 6.45) is 3.71. The lowest BCUT2D eigenvalue weighted by Crippen LogP contribution is -2.29. The molecule has 6 heteroatoms. The van der Waals surface area contributed by atoms with Crippen LogP contribution in [0.5, 0.6) is 0 Å². The molecule has 1 saturated heterocycles. The lowest BCUT2D eigenvalue weighted by molar-refractivity contribution is 0.565. The van der Waals surface area contributed by atoms with Gasteiger partial charge in [0, 0.05) is 29.5 Å². The van der Waals surface area contributed by atoms with Crippen molar-refractivity contribution in [1.82, 2.24) is 19.9 Å². The highest BCUT2D eigenvalue weighted by Crippen LogP contribution is 2.44. The number of anilines is 1. The molecule has 4 heterocycles. The standard InChI is InChI=1S/C28H29N5S/c1-17-9-11-30-25(15-17)32-20(4)16-23(21(32)5)27-26(24-8-6-7-10-29-24)31-28(34)33(27)22-13-18(2)12-19(3)14-22/h6-16,26-27H,1-5H3,(H,31,34)/t26-,27-/m0/s1. The van der Waals surface area contributed by atoms with E-state index in [0.717, 1.165) is 28.6 Å². The monoisotopic (exact) mass is 467 g/mol. The molecule has 0 unspecified atom stereocenters. The van der Waals surface area contributed by atoms with Gasteiger partial charge in [-0.1, -0.05) is 12.1 Å². The highest BCUT2D eigenvalue weighted by atomic mass is 32.1.